The van der Waals surface area contributed by atoms with Gasteiger partial charge in [-0.3, -0.25) is 9.80 Å². The van der Waals surface area contributed by atoms with E-state index in [1.54, 1.807) is 17.2 Å². The molecular weight excluding hydrogens is 356 g/mol. The molecule has 0 unspecified atom stereocenters. The van der Waals surface area contributed by atoms with E-state index in [9.17, 15) is 13.6 Å². The number of piperidine rings is 3. The molecule has 2 amide bonds. The quantitative estimate of drug-likeness (QED) is 0.751. The van der Waals surface area contributed by atoms with Crippen LogP contribution in [-0.4, -0.2) is 54.0 Å². The molecule has 5 heterocycles. The highest BCUT2D eigenvalue weighted by molar-refractivity contribution is 7.10. The van der Waals surface area contributed by atoms with Crippen LogP contribution in [0.1, 0.15) is 24.6 Å². The fourth-order valence-corrected chi connectivity index (χ4v) is 5.10. The van der Waals surface area contributed by atoms with E-state index in [1.165, 1.54) is 11.3 Å². The Morgan fingerprint density at radius 1 is 1.38 bits per heavy atom. The van der Waals surface area contributed by atoms with E-state index in [2.05, 4.69) is 23.1 Å². The molecule has 4 aliphatic heterocycles. The van der Waals surface area contributed by atoms with Gasteiger partial charge in [-0.15, -0.1) is 11.3 Å². The summed E-state index contributed by atoms with van der Waals surface area (Å²) in [5, 5.41) is 4.08. The molecule has 1 aromatic rings. The lowest BCUT2D eigenvalue weighted by Crippen LogP contribution is -2.63. The lowest BCUT2D eigenvalue weighted by atomic mass is 9.79. The van der Waals surface area contributed by atoms with E-state index in [1.807, 2.05) is 12.0 Å². The lowest BCUT2D eigenvalue weighted by Gasteiger charge is -2.50. The number of carbonyl (C=O) groups is 1. The number of halogens is 2. The molecule has 26 heavy (non-hydrogen) atoms. The van der Waals surface area contributed by atoms with Crippen molar-refractivity contribution < 1.29 is 13.6 Å². The van der Waals surface area contributed by atoms with Gasteiger partial charge in [0.15, 0.2) is 0 Å². The first-order valence-corrected chi connectivity index (χ1v) is 9.75. The first-order chi connectivity index (χ1) is 12.5. The van der Waals surface area contributed by atoms with Gasteiger partial charge in [0, 0.05) is 34.6 Å². The normalized spacial score (nSPS) is 29.3. The number of hydrogen-bond acceptors (Lipinski definition) is 3. The number of nitrogens with zero attached hydrogens (tertiary/aromatic N) is 2. The number of urea groups is 1. The van der Waals surface area contributed by atoms with Gasteiger partial charge < -0.3 is 5.32 Å². The zero-order valence-corrected chi connectivity index (χ0v) is 15.4. The molecule has 5 rings (SSSR count). The Labute approximate surface area is 155 Å². The first kappa shape index (κ1) is 17.5. The number of amides is 2. The summed E-state index contributed by atoms with van der Waals surface area (Å²) in [6.07, 6.45) is 3.40. The summed E-state index contributed by atoms with van der Waals surface area (Å²) in [6, 6.07) is 2.23. The third-order valence-electron chi connectivity index (χ3n) is 5.59. The Morgan fingerprint density at radius 2 is 2.15 bits per heavy atom. The van der Waals surface area contributed by atoms with Gasteiger partial charge in [0.2, 0.25) is 0 Å². The second-order valence-electron chi connectivity index (χ2n) is 7.08. The van der Waals surface area contributed by atoms with Crippen LogP contribution in [0.25, 0.3) is 12.3 Å². The molecule has 2 bridgehead atoms. The minimum atomic E-state index is -2.63. The maximum atomic E-state index is 12.7. The van der Waals surface area contributed by atoms with Crippen molar-refractivity contribution in [1.29, 1.82) is 0 Å². The highest BCUT2D eigenvalue weighted by Crippen LogP contribution is 2.32. The molecule has 7 heteroatoms. The number of fused-ring (bicyclic) bond motifs is 4. The Bertz CT molecular complexity index is 875. The predicted octanol–water partition coefficient (Wildman–Crippen LogP) is 1.39. The summed E-state index contributed by atoms with van der Waals surface area (Å²) in [4.78, 5) is 17.4. The molecule has 4 aliphatic rings. The van der Waals surface area contributed by atoms with E-state index >= 15 is 0 Å². The molecule has 0 radical (unpaired) electrons. The van der Waals surface area contributed by atoms with E-state index in [-0.39, 0.29) is 12.1 Å². The fraction of sp³-hybridized carbons (Fsp3) is 0.526. The van der Waals surface area contributed by atoms with Crippen LogP contribution in [0.3, 0.4) is 0 Å². The summed E-state index contributed by atoms with van der Waals surface area (Å²) in [5.41, 5.74) is 0. The van der Waals surface area contributed by atoms with Crippen molar-refractivity contribution in [2.45, 2.75) is 38.3 Å². The summed E-state index contributed by atoms with van der Waals surface area (Å²) in [6.45, 7) is 4.93. The molecular formula is C19H21F2N3OS. The molecule has 0 aromatic carbocycles. The Balaban J connectivity index is 1.49. The highest BCUT2D eigenvalue weighted by Gasteiger charge is 2.40. The van der Waals surface area contributed by atoms with Crippen molar-refractivity contribution in [2.24, 2.45) is 5.92 Å². The Kier molecular flexibility index (Phi) is 4.72. The maximum Gasteiger partial charge on any atom is 0.321 e. The zero-order valence-electron chi connectivity index (χ0n) is 14.5. The van der Waals surface area contributed by atoms with Crippen molar-refractivity contribution in [3.8, 4) is 11.8 Å². The van der Waals surface area contributed by atoms with E-state index in [4.69, 9.17) is 0 Å². The Morgan fingerprint density at radius 3 is 2.85 bits per heavy atom. The standard InChI is InChI=1S/C19H21F2N3OS/c1-12-18(13-4-7-23(12)8-5-13)22-19(25)24-9-6-16-14(11-24)10-15(26-16)2-3-17(20)21/h6,10-13,17-18H,4-5,7-9H2,1H3,(H,22,25)/t12-,18-/m0/s1. The molecule has 138 valence electrons. The van der Waals surface area contributed by atoms with Crippen molar-refractivity contribution in [3.05, 3.63) is 20.7 Å². The lowest BCUT2D eigenvalue weighted by molar-refractivity contribution is 0.0255. The third-order valence-corrected chi connectivity index (χ3v) is 6.65. The van der Waals surface area contributed by atoms with Crippen LogP contribution in [-0.2, 0) is 0 Å². The van der Waals surface area contributed by atoms with Crippen molar-refractivity contribution in [3.63, 3.8) is 0 Å². The summed E-state index contributed by atoms with van der Waals surface area (Å²) >= 11 is 1.38. The molecule has 3 fully saturated rings. The second kappa shape index (κ2) is 7.01. The number of nitrogens with one attached hydrogen (secondary N) is 1. The van der Waals surface area contributed by atoms with Gasteiger partial charge in [-0.1, -0.05) is 5.92 Å². The molecule has 1 aromatic heterocycles. The maximum absolute atomic E-state index is 12.7. The van der Waals surface area contributed by atoms with Gasteiger partial charge in [-0.25, -0.2) is 4.79 Å². The zero-order chi connectivity index (χ0) is 18.3. The molecule has 4 nitrogen and oxygen atoms in total. The van der Waals surface area contributed by atoms with Crippen LogP contribution in [0.4, 0.5) is 13.6 Å². The molecule has 2 atom stereocenters. The van der Waals surface area contributed by atoms with E-state index < -0.39 is 6.43 Å². The average molecular weight is 377 g/mol. The first-order valence-electron chi connectivity index (χ1n) is 8.94. The predicted molar refractivity (Wildman–Crippen MR) is 98.2 cm³/mol. The molecule has 1 N–H and O–H groups in total. The van der Waals surface area contributed by atoms with E-state index in [0.29, 0.717) is 23.4 Å². The largest absolute Gasteiger partial charge is 0.333 e. The number of rotatable bonds is 1. The summed E-state index contributed by atoms with van der Waals surface area (Å²) in [7, 11) is 0. The SMILES string of the molecule is C[C@H]1[C@H](NC(=O)N2C=c3cc(C#CC(F)F)sc3=CC2)C2CCN1CC2. The molecule has 0 aliphatic carbocycles. The fourth-order valence-electron chi connectivity index (χ4n) is 4.18. The number of carbonyl (C=O) groups excluding carboxylic acids is 1. The van der Waals surface area contributed by atoms with Gasteiger partial charge >= 0.3 is 6.03 Å². The minimum Gasteiger partial charge on any atom is -0.333 e. The third kappa shape index (κ3) is 3.36. The smallest absolute Gasteiger partial charge is 0.321 e. The molecule has 0 saturated carbocycles. The van der Waals surface area contributed by atoms with Gasteiger partial charge in [0.25, 0.3) is 6.43 Å². The Hall–Kier alpha value is -1.91. The van der Waals surface area contributed by atoms with Crippen LogP contribution in [0.2, 0.25) is 0 Å². The van der Waals surface area contributed by atoms with Crippen molar-refractivity contribution in [1.82, 2.24) is 15.1 Å². The second-order valence-corrected chi connectivity index (χ2v) is 8.16. The number of thiophene rings is 1. The van der Waals surface area contributed by atoms with Gasteiger partial charge in [0.05, 0.1) is 4.88 Å². The average Bonchev–Trinajstić information content (AvgIpc) is 3.05. The van der Waals surface area contributed by atoms with Crippen LogP contribution >= 0.6 is 11.3 Å². The van der Waals surface area contributed by atoms with Crippen LogP contribution in [0.15, 0.2) is 6.07 Å². The van der Waals surface area contributed by atoms with Crippen molar-refractivity contribution in [2.75, 3.05) is 19.6 Å². The van der Waals surface area contributed by atoms with Crippen LogP contribution < -0.4 is 15.1 Å². The monoisotopic (exact) mass is 377 g/mol. The minimum absolute atomic E-state index is 0.0936. The van der Waals surface area contributed by atoms with Gasteiger partial charge in [-0.2, -0.15) is 8.78 Å². The number of hydrogen-bond donors (Lipinski definition) is 1. The van der Waals surface area contributed by atoms with Crippen LogP contribution in [0, 0.1) is 17.8 Å². The van der Waals surface area contributed by atoms with Crippen LogP contribution in [0.5, 0.6) is 0 Å². The van der Waals surface area contributed by atoms with E-state index in [0.717, 1.165) is 35.7 Å². The van der Waals surface area contributed by atoms with Crippen molar-refractivity contribution >= 4 is 29.6 Å². The highest BCUT2D eigenvalue weighted by atomic mass is 32.1. The van der Waals surface area contributed by atoms with Gasteiger partial charge in [0.1, 0.15) is 0 Å². The summed E-state index contributed by atoms with van der Waals surface area (Å²) in [5.74, 6) is 4.93. The number of alkyl halides is 2. The molecule has 3 saturated heterocycles. The molecule has 0 spiro atoms. The summed E-state index contributed by atoms with van der Waals surface area (Å²) < 4.78 is 25.5. The van der Waals surface area contributed by atoms with Gasteiger partial charge in [-0.05, 0) is 56.8 Å². The topological polar surface area (TPSA) is 35.6 Å².